The zero-order valence-corrected chi connectivity index (χ0v) is 24.9. The molecule has 4 atom stereocenters. The van der Waals surface area contributed by atoms with E-state index in [-0.39, 0.29) is 0 Å². The fourth-order valence-corrected chi connectivity index (χ4v) is 6.72. The summed E-state index contributed by atoms with van der Waals surface area (Å²) in [5.41, 5.74) is 7.76. The van der Waals surface area contributed by atoms with Gasteiger partial charge >= 0.3 is 0 Å². The number of aryl methyl sites for hydroxylation is 1. The van der Waals surface area contributed by atoms with Crippen molar-refractivity contribution in [3.8, 4) is 0 Å². The first-order chi connectivity index (χ1) is 20.2. The smallest absolute Gasteiger partial charge is 0.0384 e. The Hall–Kier alpha value is -3.75. The van der Waals surface area contributed by atoms with Crippen LogP contribution in [0.15, 0.2) is 149 Å². The van der Waals surface area contributed by atoms with Crippen molar-refractivity contribution in [3.05, 3.63) is 156 Å². The van der Waals surface area contributed by atoms with E-state index in [4.69, 9.17) is 0 Å². The molecule has 206 valence electrons. The maximum absolute atomic E-state index is 3.57. The third-order valence-electron chi connectivity index (χ3n) is 8.30. The van der Waals surface area contributed by atoms with Crippen molar-refractivity contribution in [1.82, 2.24) is 0 Å². The normalized spacial score (nSPS) is 23.3. The Bertz CT molecular complexity index is 1520. The second-order valence-corrected chi connectivity index (χ2v) is 12.5. The third kappa shape index (κ3) is 7.13. The van der Waals surface area contributed by atoms with Crippen LogP contribution in [0.25, 0.3) is 5.57 Å². The van der Waals surface area contributed by atoms with E-state index < -0.39 is 0 Å². The SMILES string of the molecule is C/C=C(\C=C/Cc1cccc(C)c1Sc1ccccc1)Nc1ccc(C2=CC=CC3CC23)cc1.C1=CC2CC2C=C1. The fraction of sp³-hybridized carbons (Fsp3) is 0.231. The minimum absolute atomic E-state index is 0.740. The largest absolute Gasteiger partial charge is 0.356 e. The third-order valence-corrected chi connectivity index (χ3v) is 9.60. The summed E-state index contributed by atoms with van der Waals surface area (Å²) in [7, 11) is 0. The monoisotopic (exact) mass is 553 g/mol. The van der Waals surface area contributed by atoms with Crippen LogP contribution in [0.5, 0.6) is 0 Å². The van der Waals surface area contributed by atoms with Gasteiger partial charge in [-0.05, 0) is 109 Å². The van der Waals surface area contributed by atoms with Gasteiger partial charge in [-0.25, -0.2) is 0 Å². The molecule has 2 fully saturated rings. The molecule has 0 saturated heterocycles. The lowest BCUT2D eigenvalue weighted by atomic mass is 9.97. The molecule has 1 N–H and O–H groups in total. The molecule has 0 heterocycles. The van der Waals surface area contributed by atoms with Crippen LogP contribution in [-0.2, 0) is 6.42 Å². The highest BCUT2D eigenvalue weighted by Gasteiger charge is 2.39. The molecule has 0 amide bonds. The first kappa shape index (κ1) is 27.4. The number of rotatable bonds is 8. The molecule has 41 heavy (non-hydrogen) atoms. The second-order valence-electron chi connectivity index (χ2n) is 11.4. The van der Waals surface area contributed by atoms with Crippen LogP contribution in [-0.4, -0.2) is 0 Å². The number of hydrogen-bond donors (Lipinski definition) is 1. The molecule has 3 aromatic carbocycles. The molecule has 0 spiro atoms. The number of anilines is 1. The maximum Gasteiger partial charge on any atom is 0.0384 e. The first-order valence-corrected chi connectivity index (χ1v) is 15.7. The zero-order chi connectivity index (χ0) is 28.0. The molecule has 4 aliphatic rings. The van der Waals surface area contributed by atoms with Crippen LogP contribution in [0.4, 0.5) is 5.69 Å². The van der Waals surface area contributed by atoms with E-state index in [1.807, 2.05) is 11.8 Å². The van der Waals surface area contributed by atoms with E-state index in [2.05, 4.69) is 153 Å². The van der Waals surface area contributed by atoms with E-state index in [0.29, 0.717) is 0 Å². The Morgan fingerprint density at radius 1 is 0.829 bits per heavy atom. The number of benzene rings is 3. The van der Waals surface area contributed by atoms with Crippen molar-refractivity contribution in [1.29, 1.82) is 0 Å². The van der Waals surface area contributed by atoms with Gasteiger partial charge in [-0.2, -0.15) is 0 Å². The predicted molar refractivity (Wildman–Crippen MR) is 177 cm³/mol. The van der Waals surface area contributed by atoms with E-state index in [1.54, 1.807) is 0 Å². The Kier molecular flexibility index (Phi) is 8.58. The van der Waals surface area contributed by atoms with Crippen molar-refractivity contribution in [2.24, 2.45) is 23.7 Å². The van der Waals surface area contributed by atoms with Gasteiger partial charge in [0.05, 0.1) is 0 Å². The Morgan fingerprint density at radius 3 is 2.32 bits per heavy atom. The standard InChI is InChI=1S/C32H31NS.C7H8/c1-3-27(33-28-20-18-24(19-21-28)30-17-9-13-26-22-31(26)30)14-8-12-25-11-7-10-23(2)32(25)34-29-15-5-4-6-16-29;1-2-4-7-5-6(7)3-1/h3-11,13-21,26,31,33H,12,22H2,1-2H3;1-4,6-7H,5H2/b14-8-,27-3+;. The lowest BCUT2D eigenvalue weighted by Crippen LogP contribution is -1.98. The van der Waals surface area contributed by atoms with E-state index in [9.17, 15) is 0 Å². The van der Waals surface area contributed by atoms with Crippen LogP contribution in [0.1, 0.15) is 36.5 Å². The van der Waals surface area contributed by atoms with Crippen LogP contribution >= 0.6 is 11.8 Å². The summed E-state index contributed by atoms with van der Waals surface area (Å²) in [4.78, 5) is 2.63. The summed E-state index contributed by atoms with van der Waals surface area (Å²) < 4.78 is 0. The molecular weight excluding hydrogens is 515 g/mol. The molecular formula is C39H39NS. The molecule has 0 aliphatic heterocycles. The Morgan fingerprint density at radius 2 is 1.59 bits per heavy atom. The summed E-state index contributed by atoms with van der Waals surface area (Å²) in [6.45, 7) is 4.28. The molecule has 2 saturated carbocycles. The molecule has 3 aromatic rings. The first-order valence-electron chi connectivity index (χ1n) is 14.9. The number of fused-ring (bicyclic) bond motifs is 2. The van der Waals surface area contributed by atoms with Gasteiger partial charge in [-0.1, -0.05) is 115 Å². The lowest BCUT2D eigenvalue weighted by Gasteiger charge is -2.12. The molecule has 1 nitrogen and oxygen atoms in total. The van der Waals surface area contributed by atoms with Gasteiger partial charge in [-0.3, -0.25) is 0 Å². The zero-order valence-electron chi connectivity index (χ0n) is 24.0. The van der Waals surface area contributed by atoms with Crippen molar-refractivity contribution >= 4 is 23.0 Å². The predicted octanol–water partition coefficient (Wildman–Crippen LogP) is 10.6. The van der Waals surface area contributed by atoms with Gasteiger partial charge in [0, 0.05) is 21.2 Å². The van der Waals surface area contributed by atoms with Gasteiger partial charge in [0.1, 0.15) is 0 Å². The van der Waals surface area contributed by atoms with E-state index in [1.165, 1.54) is 44.9 Å². The fourth-order valence-electron chi connectivity index (χ4n) is 5.67. The van der Waals surface area contributed by atoms with Crippen molar-refractivity contribution < 1.29 is 0 Å². The lowest BCUT2D eigenvalue weighted by molar-refractivity contribution is 0.981. The van der Waals surface area contributed by atoms with E-state index >= 15 is 0 Å². The quantitative estimate of drug-likeness (QED) is 0.278. The van der Waals surface area contributed by atoms with Gasteiger partial charge in [-0.15, -0.1) is 0 Å². The highest BCUT2D eigenvalue weighted by atomic mass is 32.2. The highest BCUT2D eigenvalue weighted by Crippen LogP contribution is 2.51. The maximum atomic E-state index is 3.57. The summed E-state index contributed by atoms with van der Waals surface area (Å²) in [5.74, 6) is 3.39. The number of hydrogen-bond acceptors (Lipinski definition) is 2. The van der Waals surface area contributed by atoms with E-state index in [0.717, 1.165) is 41.5 Å². The van der Waals surface area contributed by atoms with Gasteiger partial charge < -0.3 is 5.32 Å². The summed E-state index contributed by atoms with van der Waals surface area (Å²) in [6, 6.07) is 26.1. The van der Waals surface area contributed by atoms with Crippen LogP contribution in [0.3, 0.4) is 0 Å². The minimum Gasteiger partial charge on any atom is -0.356 e. The molecule has 0 radical (unpaired) electrons. The van der Waals surface area contributed by atoms with Gasteiger partial charge in [0.15, 0.2) is 0 Å². The van der Waals surface area contributed by atoms with Crippen LogP contribution < -0.4 is 5.32 Å². The second kappa shape index (κ2) is 12.8. The molecule has 4 aliphatic carbocycles. The summed E-state index contributed by atoms with van der Waals surface area (Å²) >= 11 is 1.85. The molecule has 7 rings (SSSR count). The van der Waals surface area contributed by atoms with Crippen LogP contribution in [0.2, 0.25) is 0 Å². The number of nitrogens with one attached hydrogen (secondary N) is 1. The highest BCUT2D eigenvalue weighted by molar-refractivity contribution is 7.99. The van der Waals surface area contributed by atoms with Crippen molar-refractivity contribution in [3.63, 3.8) is 0 Å². The Balaban J connectivity index is 0.000000372. The average molecular weight is 554 g/mol. The molecule has 0 aromatic heterocycles. The molecule has 2 heteroatoms. The topological polar surface area (TPSA) is 12.0 Å². The molecule has 0 bridgehead atoms. The average Bonchev–Trinajstić information content (AvgIpc) is 3.94. The van der Waals surface area contributed by atoms with Gasteiger partial charge in [0.2, 0.25) is 0 Å². The van der Waals surface area contributed by atoms with Crippen molar-refractivity contribution in [2.45, 2.75) is 42.9 Å². The minimum atomic E-state index is 0.740. The number of allylic oxidation sites excluding steroid dienone is 11. The Labute approximate surface area is 250 Å². The van der Waals surface area contributed by atoms with Crippen molar-refractivity contribution in [2.75, 3.05) is 5.32 Å². The summed E-state index contributed by atoms with van der Waals surface area (Å²) in [6.07, 6.45) is 25.9. The summed E-state index contributed by atoms with van der Waals surface area (Å²) in [5, 5.41) is 3.57. The molecule has 4 unspecified atom stereocenters. The van der Waals surface area contributed by atoms with Gasteiger partial charge in [0.25, 0.3) is 0 Å². The van der Waals surface area contributed by atoms with Crippen LogP contribution in [0, 0.1) is 30.6 Å².